The number of halogens is 2. The molecule has 0 spiro atoms. The number of hydrogen-bond donors (Lipinski definition) is 0. The standard InChI is InChI=1S/C19H20F2N4O2/c1-26-11-17-15(10-22-25(17)13-5-3-2-4-6-13)19-23-18(24-27-19)14-9-12(20)7-8-16(14)21/h7-10,13H,2-6,11H2,1H3. The molecule has 1 fully saturated rings. The first-order valence-electron chi connectivity index (χ1n) is 9.02. The third kappa shape index (κ3) is 3.49. The zero-order valence-corrected chi connectivity index (χ0v) is 15.0. The Morgan fingerprint density at radius 3 is 2.78 bits per heavy atom. The molecule has 0 radical (unpaired) electrons. The highest BCUT2D eigenvalue weighted by atomic mass is 19.1. The first-order chi connectivity index (χ1) is 13.2. The molecule has 3 aromatic rings. The maximum atomic E-state index is 14.0. The van der Waals surface area contributed by atoms with Gasteiger partial charge in [0.05, 0.1) is 35.7 Å². The van der Waals surface area contributed by atoms with E-state index in [1.165, 1.54) is 19.3 Å². The monoisotopic (exact) mass is 374 g/mol. The summed E-state index contributed by atoms with van der Waals surface area (Å²) < 4.78 is 40.1. The van der Waals surface area contributed by atoms with Crippen LogP contribution in [0.3, 0.4) is 0 Å². The minimum Gasteiger partial charge on any atom is -0.378 e. The molecule has 0 saturated heterocycles. The van der Waals surface area contributed by atoms with E-state index in [9.17, 15) is 8.78 Å². The van der Waals surface area contributed by atoms with Crippen LogP contribution in [0.5, 0.6) is 0 Å². The molecule has 27 heavy (non-hydrogen) atoms. The van der Waals surface area contributed by atoms with Gasteiger partial charge in [-0.1, -0.05) is 24.4 Å². The molecule has 0 atom stereocenters. The summed E-state index contributed by atoms with van der Waals surface area (Å²) in [4.78, 5) is 4.26. The summed E-state index contributed by atoms with van der Waals surface area (Å²) in [5, 5.41) is 8.34. The van der Waals surface area contributed by atoms with Crippen molar-refractivity contribution in [2.45, 2.75) is 44.8 Å². The Morgan fingerprint density at radius 1 is 1.19 bits per heavy atom. The molecule has 0 N–H and O–H groups in total. The topological polar surface area (TPSA) is 66.0 Å². The van der Waals surface area contributed by atoms with Gasteiger partial charge in [-0.3, -0.25) is 4.68 Å². The fraction of sp³-hybridized carbons (Fsp3) is 0.421. The van der Waals surface area contributed by atoms with Crippen molar-refractivity contribution in [3.05, 3.63) is 41.7 Å². The van der Waals surface area contributed by atoms with Crippen LogP contribution in [0, 0.1) is 11.6 Å². The van der Waals surface area contributed by atoms with Gasteiger partial charge in [0.2, 0.25) is 5.82 Å². The Hall–Kier alpha value is -2.61. The average Bonchev–Trinajstić information content (AvgIpc) is 3.32. The summed E-state index contributed by atoms with van der Waals surface area (Å²) in [6.07, 6.45) is 7.41. The van der Waals surface area contributed by atoms with Crippen molar-refractivity contribution < 1.29 is 18.0 Å². The highest BCUT2D eigenvalue weighted by molar-refractivity contribution is 5.61. The largest absolute Gasteiger partial charge is 0.378 e. The van der Waals surface area contributed by atoms with E-state index in [1.807, 2.05) is 4.68 Å². The predicted molar refractivity (Wildman–Crippen MR) is 93.7 cm³/mol. The molecule has 1 aromatic carbocycles. The third-order valence-corrected chi connectivity index (χ3v) is 4.93. The number of benzene rings is 1. The van der Waals surface area contributed by atoms with Gasteiger partial charge in [-0.2, -0.15) is 10.1 Å². The van der Waals surface area contributed by atoms with Gasteiger partial charge < -0.3 is 9.26 Å². The molecule has 0 aliphatic heterocycles. The Morgan fingerprint density at radius 2 is 2.00 bits per heavy atom. The molecule has 2 heterocycles. The molecule has 142 valence electrons. The molecule has 0 bridgehead atoms. The fourth-order valence-electron chi connectivity index (χ4n) is 3.60. The van der Waals surface area contributed by atoms with E-state index in [2.05, 4.69) is 15.2 Å². The minimum absolute atomic E-state index is 0.00390. The maximum absolute atomic E-state index is 14.0. The van der Waals surface area contributed by atoms with Crippen molar-refractivity contribution in [3.63, 3.8) is 0 Å². The quantitative estimate of drug-likeness (QED) is 0.656. The first kappa shape index (κ1) is 17.8. The van der Waals surface area contributed by atoms with Gasteiger partial charge in [0, 0.05) is 7.11 Å². The van der Waals surface area contributed by atoms with Gasteiger partial charge >= 0.3 is 0 Å². The molecule has 2 aromatic heterocycles. The summed E-state index contributed by atoms with van der Waals surface area (Å²) in [6.45, 7) is 0.345. The van der Waals surface area contributed by atoms with Crippen LogP contribution in [0.15, 0.2) is 28.9 Å². The normalized spacial score (nSPS) is 15.4. The van der Waals surface area contributed by atoms with Crippen LogP contribution in [0.1, 0.15) is 43.8 Å². The number of ether oxygens (including phenoxy) is 1. The molecule has 8 heteroatoms. The Bertz CT molecular complexity index is 932. The van der Waals surface area contributed by atoms with Crippen LogP contribution in [0.25, 0.3) is 22.8 Å². The lowest BCUT2D eigenvalue weighted by atomic mass is 9.95. The Labute approximate surface area is 155 Å². The second kappa shape index (κ2) is 7.56. The van der Waals surface area contributed by atoms with E-state index in [1.54, 1.807) is 13.3 Å². The number of rotatable bonds is 5. The number of aromatic nitrogens is 4. The van der Waals surface area contributed by atoms with Crippen molar-refractivity contribution in [1.29, 1.82) is 0 Å². The average molecular weight is 374 g/mol. The van der Waals surface area contributed by atoms with Gasteiger partial charge in [0.25, 0.3) is 5.89 Å². The van der Waals surface area contributed by atoms with E-state index < -0.39 is 11.6 Å². The summed E-state index contributed by atoms with van der Waals surface area (Å²) in [7, 11) is 1.61. The lowest BCUT2D eigenvalue weighted by Gasteiger charge is -2.24. The fourth-order valence-corrected chi connectivity index (χ4v) is 3.60. The van der Waals surface area contributed by atoms with Gasteiger partial charge in [0.15, 0.2) is 0 Å². The summed E-state index contributed by atoms with van der Waals surface area (Å²) in [5.74, 6) is -0.972. The lowest BCUT2D eigenvalue weighted by molar-refractivity contribution is 0.171. The van der Waals surface area contributed by atoms with Crippen LogP contribution in [-0.2, 0) is 11.3 Å². The van der Waals surface area contributed by atoms with Crippen LogP contribution in [0.2, 0.25) is 0 Å². The molecular weight excluding hydrogens is 354 g/mol. The molecule has 6 nitrogen and oxygen atoms in total. The van der Waals surface area contributed by atoms with E-state index in [0.717, 1.165) is 36.7 Å². The molecule has 1 saturated carbocycles. The van der Waals surface area contributed by atoms with Gasteiger partial charge in [-0.25, -0.2) is 8.78 Å². The highest BCUT2D eigenvalue weighted by Crippen LogP contribution is 2.33. The summed E-state index contributed by atoms with van der Waals surface area (Å²) >= 11 is 0. The second-order valence-corrected chi connectivity index (χ2v) is 6.72. The Balaban J connectivity index is 1.70. The van der Waals surface area contributed by atoms with Crippen molar-refractivity contribution in [3.8, 4) is 22.8 Å². The van der Waals surface area contributed by atoms with Crippen LogP contribution < -0.4 is 0 Å². The van der Waals surface area contributed by atoms with Crippen LogP contribution in [0.4, 0.5) is 8.78 Å². The predicted octanol–water partition coefficient (Wildman–Crippen LogP) is 4.53. The van der Waals surface area contributed by atoms with E-state index in [0.29, 0.717) is 18.2 Å². The van der Waals surface area contributed by atoms with Crippen molar-refractivity contribution >= 4 is 0 Å². The van der Waals surface area contributed by atoms with E-state index in [-0.39, 0.29) is 17.3 Å². The Kier molecular flexibility index (Phi) is 4.98. The number of nitrogens with zero attached hydrogens (tertiary/aromatic N) is 4. The summed E-state index contributed by atoms with van der Waals surface area (Å²) in [6, 6.07) is 3.45. The van der Waals surface area contributed by atoms with Crippen molar-refractivity contribution in [2.75, 3.05) is 7.11 Å². The molecule has 0 amide bonds. The van der Waals surface area contributed by atoms with Gasteiger partial charge in [-0.05, 0) is 31.0 Å². The molecule has 4 rings (SSSR count). The number of methoxy groups -OCH3 is 1. The lowest BCUT2D eigenvalue weighted by Crippen LogP contribution is -2.17. The zero-order valence-electron chi connectivity index (χ0n) is 15.0. The highest BCUT2D eigenvalue weighted by Gasteiger charge is 2.24. The minimum atomic E-state index is -0.612. The molecular formula is C19H20F2N4O2. The number of hydrogen-bond acceptors (Lipinski definition) is 5. The molecule has 1 aliphatic carbocycles. The maximum Gasteiger partial charge on any atom is 0.261 e. The summed E-state index contributed by atoms with van der Waals surface area (Å²) in [5.41, 5.74) is 1.45. The first-order valence-corrected chi connectivity index (χ1v) is 9.02. The van der Waals surface area contributed by atoms with E-state index in [4.69, 9.17) is 9.26 Å². The van der Waals surface area contributed by atoms with Crippen molar-refractivity contribution in [2.24, 2.45) is 0 Å². The van der Waals surface area contributed by atoms with Gasteiger partial charge in [-0.15, -0.1) is 0 Å². The van der Waals surface area contributed by atoms with Crippen molar-refractivity contribution in [1.82, 2.24) is 19.9 Å². The smallest absolute Gasteiger partial charge is 0.261 e. The van der Waals surface area contributed by atoms with Crippen LogP contribution >= 0.6 is 0 Å². The van der Waals surface area contributed by atoms with Gasteiger partial charge in [0.1, 0.15) is 11.6 Å². The second-order valence-electron chi connectivity index (χ2n) is 6.72. The zero-order chi connectivity index (χ0) is 18.8. The SMILES string of the molecule is COCc1c(-c2nc(-c3cc(F)ccc3F)no2)cnn1C1CCCCC1. The van der Waals surface area contributed by atoms with E-state index >= 15 is 0 Å². The molecule has 0 unspecified atom stereocenters. The van der Waals surface area contributed by atoms with Crippen LogP contribution in [-0.4, -0.2) is 27.0 Å². The molecule has 1 aliphatic rings. The third-order valence-electron chi connectivity index (χ3n) is 4.93.